The number of nitrogens with one attached hydrogen (secondary N) is 1. The van der Waals surface area contributed by atoms with Crippen molar-refractivity contribution in [2.45, 2.75) is 13.5 Å². The molecule has 0 radical (unpaired) electrons. The van der Waals surface area contributed by atoms with Gasteiger partial charge in [-0.15, -0.1) is 0 Å². The molecule has 16 heavy (non-hydrogen) atoms. The number of ether oxygens (including phenoxy) is 1. The van der Waals surface area contributed by atoms with E-state index in [9.17, 15) is 4.79 Å². The Morgan fingerprint density at radius 3 is 2.75 bits per heavy atom. The molecule has 1 aromatic carbocycles. The number of benzene rings is 1. The summed E-state index contributed by atoms with van der Waals surface area (Å²) in [6.45, 7) is 2.50. The van der Waals surface area contributed by atoms with Gasteiger partial charge in [-0.1, -0.05) is 41.9 Å². The Labute approximate surface area is 99.2 Å². The molecule has 1 rings (SSSR count). The topological polar surface area (TPSA) is 50.7 Å². The Balaban J connectivity index is 2.39. The second-order valence-electron chi connectivity index (χ2n) is 2.94. The molecule has 0 spiro atoms. The fraction of sp³-hybridized carbons (Fsp3) is 0.273. The largest absolute Gasteiger partial charge is 0.461 e. The Morgan fingerprint density at radius 1 is 1.44 bits per heavy atom. The molecule has 0 bridgehead atoms. The highest BCUT2D eigenvalue weighted by molar-refractivity contribution is 6.81. The third-order valence-corrected chi connectivity index (χ3v) is 1.99. The summed E-state index contributed by atoms with van der Waals surface area (Å²) >= 11 is 5.59. The van der Waals surface area contributed by atoms with Crippen LogP contribution in [0.3, 0.4) is 0 Å². The average molecular weight is 241 g/mol. The van der Waals surface area contributed by atoms with Gasteiger partial charge in [-0.3, -0.25) is 0 Å². The quantitative estimate of drug-likeness (QED) is 0.486. The van der Waals surface area contributed by atoms with Gasteiger partial charge >= 0.3 is 5.97 Å². The van der Waals surface area contributed by atoms with Crippen molar-refractivity contribution in [3.8, 4) is 0 Å². The number of hydrogen-bond acceptors (Lipinski definition) is 4. The number of carbonyl (C=O) groups excluding carboxylic acids is 1. The monoisotopic (exact) mass is 240 g/mol. The van der Waals surface area contributed by atoms with Gasteiger partial charge in [-0.05, 0) is 12.5 Å². The zero-order valence-electron chi connectivity index (χ0n) is 8.94. The Bertz CT molecular complexity index is 366. The zero-order valence-corrected chi connectivity index (χ0v) is 9.70. The summed E-state index contributed by atoms with van der Waals surface area (Å²) in [5.41, 5.74) is 3.75. The molecule has 0 saturated carbocycles. The standard InChI is InChI=1S/C11H13ClN2O2/c1-2-16-11(15)10(12)14-13-8-9-6-4-3-5-7-9/h3-7,13H,2,8H2,1H3/b14-10+. The predicted octanol–water partition coefficient (Wildman–Crippen LogP) is 1.89. The van der Waals surface area contributed by atoms with E-state index < -0.39 is 5.97 Å². The number of hydrazone groups is 1. The first-order valence-electron chi connectivity index (χ1n) is 4.91. The first-order chi connectivity index (χ1) is 7.74. The molecule has 86 valence electrons. The number of carbonyl (C=O) groups is 1. The highest BCUT2D eigenvalue weighted by Crippen LogP contribution is 1.97. The maximum absolute atomic E-state index is 11.1. The highest BCUT2D eigenvalue weighted by atomic mass is 35.5. The van der Waals surface area contributed by atoms with E-state index in [-0.39, 0.29) is 11.8 Å². The molecule has 0 atom stereocenters. The first-order valence-corrected chi connectivity index (χ1v) is 5.29. The maximum Gasteiger partial charge on any atom is 0.370 e. The predicted molar refractivity (Wildman–Crippen MR) is 63.2 cm³/mol. The van der Waals surface area contributed by atoms with E-state index in [1.807, 2.05) is 30.3 Å². The van der Waals surface area contributed by atoms with Crippen LogP contribution in [0.4, 0.5) is 0 Å². The molecule has 0 saturated heterocycles. The van der Waals surface area contributed by atoms with Gasteiger partial charge in [0.1, 0.15) is 0 Å². The molecule has 1 N–H and O–H groups in total. The molecule has 5 heteroatoms. The number of hydrogen-bond donors (Lipinski definition) is 1. The van der Waals surface area contributed by atoms with Crippen molar-refractivity contribution in [2.24, 2.45) is 5.10 Å². The van der Waals surface area contributed by atoms with E-state index in [4.69, 9.17) is 11.6 Å². The molecule has 0 aromatic heterocycles. The van der Waals surface area contributed by atoms with E-state index >= 15 is 0 Å². The molecule has 0 amide bonds. The average Bonchev–Trinajstić information content (AvgIpc) is 2.30. The minimum absolute atomic E-state index is 0.196. The minimum atomic E-state index is -0.621. The Morgan fingerprint density at radius 2 is 2.12 bits per heavy atom. The number of esters is 1. The summed E-state index contributed by atoms with van der Waals surface area (Å²) in [5, 5.41) is 3.50. The van der Waals surface area contributed by atoms with Crippen LogP contribution in [0.1, 0.15) is 12.5 Å². The highest BCUT2D eigenvalue weighted by Gasteiger charge is 2.08. The van der Waals surface area contributed by atoms with E-state index in [1.54, 1.807) is 6.92 Å². The second-order valence-corrected chi connectivity index (χ2v) is 3.30. The van der Waals surface area contributed by atoms with E-state index in [1.165, 1.54) is 0 Å². The fourth-order valence-corrected chi connectivity index (χ4v) is 1.15. The van der Waals surface area contributed by atoms with Crippen LogP contribution in [0, 0.1) is 0 Å². The molecular weight excluding hydrogens is 228 g/mol. The summed E-state index contributed by atoms with van der Waals surface area (Å²) in [7, 11) is 0. The normalized spacial score (nSPS) is 11.0. The lowest BCUT2D eigenvalue weighted by molar-refractivity contribution is -0.134. The molecule has 0 heterocycles. The van der Waals surface area contributed by atoms with Crippen LogP contribution >= 0.6 is 11.6 Å². The number of halogens is 1. The molecule has 0 unspecified atom stereocenters. The summed E-state index contributed by atoms with van der Waals surface area (Å²) < 4.78 is 4.66. The molecule has 0 fully saturated rings. The van der Waals surface area contributed by atoms with Gasteiger partial charge in [-0.2, -0.15) is 5.10 Å². The lowest BCUT2D eigenvalue weighted by Crippen LogP contribution is -2.16. The van der Waals surface area contributed by atoms with Gasteiger partial charge in [0.05, 0.1) is 13.2 Å². The summed E-state index contributed by atoms with van der Waals surface area (Å²) in [4.78, 5) is 11.1. The van der Waals surface area contributed by atoms with Gasteiger partial charge in [-0.25, -0.2) is 4.79 Å². The third-order valence-electron chi connectivity index (χ3n) is 1.75. The van der Waals surface area contributed by atoms with E-state index in [2.05, 4.69) is 15.3 Å². The molecule has 0 aliphatic rings. The minimum Gasteiger partial charge on any atom is -0.461 e. The van der Waals surface area contributed by atoms with E-state index in [0.717, 1.165) is 5.56 Å². The van der Waals surface area contributed by atoms with Crippen LogP contribution in [-0.2, 0) is 16.1 Å². The van der Waals surface area contributed by atoms with Crippen LogP contribution in [0.5, 0.6) is 0 Å². The van der Waals surface area contributed by atoms with Crippen LogP contribution in [0.25, 0.3) is 0 Å². The molecule has 4 nitrogen and oxygen atoms in total. The van der Waals surface area contributed by atoms with Crippen LogP contribution in [0.2, 0.25) is 0 Å². The number of nitrogens with zero attached hydrogens (tertiary/aromatic N) is 1. The van der Waals surface area contributed by atoms with Gasteiger partial charge < -0.3 is 10.2 Å². The number of rotatable bonds is 5. The maximum atomic E-state index is 11.1. The van der Waals surface area contributed by atoms with Crippen molar-refractivity contribution in [1.82, 2.24) is 5.43 Å². The Kier molecular flexibility index (Phi) is 5.36. The summed E-state index contributed by atoms with van der Waals surface area (Å²) in [6.07, 6.45) is 0. The van der Waals surface area contributed by atoms with Crippen molar-refractivity contribution in [1.29, 1.82) is 0 Å². The van der Waals surface area contributed by atoms with Crippen LogP contribution in [-0.4, -0.2) is 17.7 Å². The van der Waals surface area contributed by atoms with Gasteiger partial charge in [0.25, 0.3) is 0 Å². The zero-order chi connectivity index (χ0) is 11.8. The summed E-state index contributed by atoms with van der Waals surface area (Å²) in [5.74, 6) is -0.621. The van der Waals surface area contributed by atoms with Crippen molar-refractivity contribution in [3.63, 3.8) is 0 Å². The van der Waals surface area contributed by atoms with Crippen molar-refractivity contribution < 1.29 is 9.53 Å². The van der Waals surface area contributed by atoms with Crippen molar-refractivity contribution in [3.05, 3.63) is 35.9 Å². The molecule has 1 aromatic rings. The van der Waals surface area contributed by atoms with Crippen LogP contribution in [0.15, 0.2) is 35.4 Å². The third kappa shape index (κ3) is 4.31. The SMILES string of the molecule is CCOC(=O)/C(Cl)=N\NCc1ccccc1. The van der Waals surface area contributed by atoms with Gasteiger partial charge in [0.2, 0.25) is 5.17 Å². The molecule has 0 aliphatic carbocycles. The smallest absolute Gasteiger partial charge is 0.370 e. The molecular formula is C11H13ClN2O2. The van der Waals surface area contributed by atoms with Gasteiger partial charge in [0, 0.05) is 0 Å². The van der Waals surface area contributed by atoms with Crippen LogP contribution < -0.4 is 5.43 Å². The lowest BCUT2D eigenvalue weighted by atomic mass is 10.2. The van der Waals surface area contributed by atoms with Crippen molar-refractivity contribution in [2.75, 3.05) is 6.61 Å². The van der Waals surface area contributed by atoms with Gasteiger partial charge in [0.15, 0.2) is 0 Å². The van der Waals surface area contributed by atoms with E-state index in [0.29, 0.717) is 6.54 Å². The van der Waals surface area contributed by atoms with Crippen molar-refractivity contribution >= 4 is 22.7 Å². The fourth-order valence-electron chi connectivity index (χ4n) is 1.03. The second kappa shape index (κ2) is 6.85. The lowest BCUT2D eigenvalue weighted by Gasteiger charge is -2.02. The molecule has 0 aliphatic heterocycles. The first kappa shape index (κ1) is 12.5. The summed E-state index contributed by atoms with van der Waals surface area (Å²) in [6, 6.07) is 9.67. The Hall–Kier alpha value is -1.55.